The van der Waals surface area contributed by atoms with Gasteiger partial charge in [-0.1, -0.05) is 42.0 Å². The quantitative estimate of drug-likeness (QED) is 0.362. The zero-order valence-corrected chi connectivity index (χ0v) is 25.1. The molecule has 3 aromatic carbocycles. The van der Waals surface area contributed by atoms with E-state index >= 15 is 0 Å². The monoisotopic (exact) mass is 565 g/mol. The number of sulfonamides is 1. The summed E-state index contributed by atoms with van der Waals surface area (Å²) in [4.78, 5) is 28.6. The average molecular weight is 566 g/mol. The Morgan fingerprint density at radius 3 is 2.17 bits per heavy atom. The number of aryl methyl sites for hydroxylation is 3. The van der Waals surface area contributed by atoms with Gasteiger partial charge in [0.1, 0.15) is 18.3 Å². The van der Waals surface area contributed by atoms with Crippen LogP contribution in [-0.2, 0) is 26.2 Å². The average Bonchev–Trinajstić information content (AvgIpc) is 2.91. The third-order valence-electron chi connectivity index (χ3n) is 6.61. The van der Waals surface area contributed by atoms with Crippen LogP contribution in [0, 0.1) is 20.8 Å². The minimum absolute atomic E-state index is 0.0803. The van der Waals surface area contributed by atoms with Crippen LogP contribution >= 0.6 is 0 Å². The largest absolute Gasteiger partial charge is 0.497 e. The van der Waals surface area contributed by atoms with Crippen molar-refractivity contribution in [2.45, 2.75) is 65.1 Å². The molecule has 40 heavy (non-hydrogen) atoms. The van der Waals surface area contributed by atoms with Crippen LogP contribution < -0.4 is 14.4 Å². The summed E-state index contributed by atoms with van der Waals surface area (Å²) in [6.45, 7) is 10.5. The highest BCUT2D eigenvalue weighted by Gasteiger charge is 2.33. The number of benzene rings is 3. The summed E-state index contributed by atoms with van der Waals surface area (Å²) >= 11 is 0. The number of amides is 2. The number of nitrogens with one attached hydrogen (secondary N) is 1. The van der Waals surface area contributed by atoms with Gasteiger partial charge in [0.05, 0.1) is 17.7 Å². The van der Waals surface area contributed by atoms with Crippen molar-refractivity contribution in [1.29, 1.82) is 0 Å². The van der Waals surface area contributed by atoms with Gasteiger partial charge in [-0.3, -0.25) is 13.9 Å². The molecule has 0 radical (unpaired) electrons. The number of methoxy groups -OCH3 is 1. The van der Waals surface area contributed by atoms with Gasteiger partial charge in [0.25, 0.3) is 10.0 Å². The Morgan fingerprint density at radius 1 is 0.900 bits per heavy atom. The Kier molecular flexibility index (Phi) is 9.98. The van der Waals surface area contributed by atoms with Crippen LogP contribution in [0.4, 0.5) is 5.69 Å². The van der Waals surface area contributed by atoms with Gasteiger partial charge >= 0.3 is 0 Å². The predicted octanol–water partition coefficient (Wildman–Crippen LogP) is 4.76. The fourth-order valence-electron chi connectivity index (χ4n) is 4.29. The molecule has 0 saturated carbocycles. The van der Waals surface area contributed by atoms with Crippen LogP contribution in [-0.4, -0.2) is 50.9 Å². The van der Waals surface area contributed by atoms with Crippen molar-refractivity contribution in [1.82, 2.24) is 10.2 Å². The van der Waals surface area contributed by atoms with E-state index in [4.69, 9.17) is 4.74 Å². The maximum atomic E-state index is 14.1. The molecule has 8 nitrogen and oxygen atoms in total. The molecule has 0 fully saturated rings. The molecule has 0 unspecified atom stereocenters. The number of anilines is 1. The number of nitrogens with zero attached hydrogens (tertiary/aromatic N) is 2. The lowest BCUT2D eigenvalue weighted by Gasteiger charge is -2.33. The lowest BCUT2D eigenvalue weighted by atomic mass is 10.1. The minimum Gasteiger partial charge on any atom is -0.497 e. The van der Waals surface area contributed by atoms with Gasteiger partial charge in [-0.2, -0.15) is 0 Å². The van der Waals surface area contributed by atoms with Crippen molar-refractivity contribution in [3.8, 4) is 5.75 Å². The molecule has 214 valence electrons. The van der Waals surface area contributed by atoms with E-state index in [0.29, 0.717) is 17.0 Å². The highest BCUT2D eigenvalue weighted by molar-refractivity contribution is 7.92. The van der Waals surface area contributed by atoms with Gasteiger partial charge in [-0.25, -0.2) is 8.42 Å². The van der Waals surface area contributed by atoms with Crippen molar-refractivity contribution in [3.63, 3.8) is 0 Å². The van der Waals surface area contributed by atoms with Gasteiger partial charge in [-0.15, -0.1) is 0 Å². The van der Waals surface area contributed by atoms with E-state index in [0.717, 1.165) is 21.0 Å². The molecular weight excluding hydrogens is 526 g/mol. The number of hydrogen-bond donors (Lipinski definition) is 1. The topological polar surface area (TPSA) is 96.0 Å². The lowest BCUT2D eigenvalue weighted by Crippen LogP contribution is -2.52. The second-order valence-electron chi connectivity index (χ2n) is 10.3. The SMILES string of the molecule is COc1cccc(CN(C(=O)CN(c2cc(C)ccc2C)S(=O)(=O)c2ccc(C)cc2)[C@H](C)C(=O)NC(C)C)c1. The Labute approximate surface area is 238 Å². The van der Waals surface area contributed by atoms with Gasteiger partial charge in [0, 0.05) is 12.6 Å². The summed E-state index contributed by atoms with van der Waals surface area (Å²) in [6.07, 6.45) is 0. The van der Waals surface area contributed by atoms with Gasteiger partial charge < -0.3 is 15.0 Å². The highest BCUT2D eigenvalue weighted by Crippen LogP contribution is 2.29. The van der Waals surface area contributed by atoms with Gasteiger partial charge in [0.2, 0.25) is 11.8 Å². The number of carbonyl (C=O) groups excluding carboxylic acids is 2. The van der Waals surface area contributed by atoms with Gasteiger partial charge in [0.15, 0.2) is 0 Å². The third kappa shape index (κ3) is 7.41. The first-order chi connectivity index (χ1) is 18.8. The van der Waals surface area contributed by atoms with E-state index in [1.54, 1.807) is 62.6 Å². The van der Waals surface area contributed by atoms with E-state index < -0.39 is 28.5 Å². The molecule has 0 spiro atoms. The van der Waals surface area contributed by atoms with E-state index in [2.05, 4.69) is 5.32 Å². The predicted molar refractivity (Wildman–Crippen MR) is 158 cm³/mol. The Balaban J connectivity index is 2.08. The number of hydrogen-bond acceptors (Lipinski definition) is 5. The number of rotatable bonds is 11. The Bertz CT molecular complexity index is 1450. The summed E-state index contributed by atoms with van der Waals surface area (Å²) in [7, 11) is -2.57. The molecule has 2 amide bonds. The number of ether oxygens (including phenoxy) is 1. The van der Waals surface area contributed by atoms with Crippen molar-refractivity contribution in [2.24, 2.45) is 0 Å². The molecule has 0 aromatic heterocycles. The molecule has 0 aliphatic heterocycles. The van der Waals surface area contributed by atoms with Crippen LogP contribution in [0.25, 0.3) is 0 Å². The molecular formula is C31H39N3O5S. The zero-order valence-electron chi connectivity index (χ0n) is 24.3. The molecule has 0 bridgehead atoms. The summed E-state index contributed by atoms with van der Waals surface area (Å²) in [5, 5.41) is 2.86. The first-order valence-corrected chi connectivity index (χ1v) is 14.7. The van der Waals surface area contributed by atoms with Crippen LogP contribution in [0.15, 0.2) is 71.6 Å². The summed E-state index contributed by atoms with van der Waals surface area (Å²) in [6, 6.07) is 18.3. The molecule has 0 heterocycles. The molecule has 1 N–H and O–H groups in total. The molecule has 1 atom stereocenters. The van der Waals surface area contributed by atoms with Crippen molar-refractivity contribution in [2.75, 3.05) is 18.0 Å². The lowest BCUT2D eigenvalue weighted by molar-refractivity contribution is -0.139. The maximum absolute atomic E-state index is 14.1. The fourth-order valence-corrected chi connectivity index (χ4v) is 5.76. The Hall–Kier alpha value is -3.85. The molecule has 0 aliphatic rings. The van der Waals surface area contributed by atoms with Crippen LogP contribution in [0.2, 0.25) is 0 Å². The highest BCUT2D eigenvalue weighted by atomic mass is 32.2. The maximum Gasteiger partial charge on any atom is 0.264 e. The van der Waals surface area contributed by atoms with E-state index in [1.807, 2.05) is 52.8 Å². The van der Waals surface area contributed by atoms with Crippen molar-refractivity contribution >= 4 is 27.5 Å². The minimum atomic E-state index is -4.12. The van der Waals surface area contributed by atoms with Crippen molar-refractivity contribution in [3.05, 3.63) is 89.0 Å². The molecule has 3 rings (SSSR count). The fraction of sp³-hybridized carbons (Fsp3) is 0.355. The smallest absolute Gasteiger partial charge is 0.264 e. The standard InChI is InChI=1S/C31H39N3O5S/c1-21(2)32-31(36)25(6)33(19-26-9-8-10-27(18-26)39-7)30(35)20-34(29-17-23(4)11-14-24(29)5)40(37,38)28-15-12-22(3)13-16-28/h8-18,21,25H,19-20H2,1-7H3,(H,32,36)/t25-/m1/s1. The molecule has 9 heteroatoms. The normalized spacial score (nSPS) is 12.1. The van der Waals surface area contributed by atoms with E-state index in [9.17, 15) is 18.0 Å². The first kappa shape index (κ1) is 30.7. The van der Waals surface area contributed by atoms with Crippen LogP contribution in [0.3, 0.4) is 0 Å². The zero-order chi connectivity index (χ0) is 29.6. The molecule has 0 aliphatic carbocycles. The third-order valence-corrected chi connectivity index (χ3v) is 8.38. The second-order valence-corrected chi connectivity index (χ2v) is 12.2. The van der Waals surface area contributed by atoms with E-state index in [1.165, 1.54) is 4.90 Å². The summed E-state index contributed by atoms with van der Waals surface area (Å²) < 4.78 is 34.5. The van der Waals surface area contributed by atoms with Crippen LogP contribution in [0.1, 0.15) is 43.0 Å². The van der Waals surface area contributed by atoms with Crippen molar-refractivity contribution < 1.29 is 22.7 Å². The molecule has 3 aromatic rings. The summed E-state index contributed by atoms with van der Waals surface area (Å²) in [5.41, 5.74) is 3.64. The Morgan fingerprint density at radius 2 is 1.55 bits per heavy atom. The van der Waals surface area contributed by atoms with E-state index in [-0.39, 0.29) is 23.4 Å². The molecule has 0 saturated heterocycles. The van der Waals surface area contributed by atoms with Crippen LogP contribution in [0.5, 0.6) is 5.75 Å². The summed E-state index contributed by atoms with van der Waals surface area (Å²) in [5.74, 6) is -0.222. The van der Waals surface area contributed by atoms with Gasteiger partial charge in [-0.05, 0) is 88.6 Å². The second kappa shape index (κ2) is 13.0. The number of carbonyl (C=O) groups is 2. The first-order valence-electron chi connectivity index (χ1n) is 13.2.